The molecule has 0 unspecified atom stereocenters. The van der Waals surface area contributed by atoms with Crippen molar-refractivity contribution in [2.45, 2.75) is 25.3 Å². The lowest BCUT2D eigenvalue weighted by Crippen LogP contribution is -2.55. The van der Waals surface area contributed by atoms with Crippen molar-refractivity contribution >= 4 is 10.2 Å². The first kappa shape index (κ1) is 13.9. The summed E-state index contributed by atoms with van der Waals surface area (Å²) < 4.78 is 33.3. The molecule has 0 aliphatic carbocycles. The van der Waals surface area contributed by atoms with E-state index in [2.05, 4.69) is 14.8 Å². The Hall–Kier alpha value is -0.210. The van der Waals surface area contributed by atoms with Crippen LogP contribution in [0.15, 0.2) is 0 Å². The smallest absolute Gasteiger partial charge is 0.277 e. The fourth-order valence-corrected chi connectivity index (χ4v) is 3.00. The summed E-state index contributed by atoms with van der Waals surface area (Å²) in [6.07, 6.45) is 1.61. The highest BCUT2D eigenvalue weighted by molar-refractivity contribution is 7.87. The van der Waals surface area contributed by atoms with Gasteiger partial charge in [0.2, 0.25) is 0 Å². The molecule has 1 heterocycles. The van der Waals surface area contributed by atoms with Crippen LogP contribution in [0.3, 0.4) is 0 Å². The van der Waals surface area contributed by atoms with Gasteiger partial charge < -0.3 is 10.1 Å². The zero-order valence-electron chi connectivity index (χ0n) is 9.88. The molecule has 0 atom stereocenters. The van der Waals surface area contributed by atoms with Crippen molar-refractivity contribution < 1.29 is 13.2 Å². The molecular weight excluding hydrogens is 230 g/mol. The number of methoxy groups -OCH3 is 1. The van der Waals surface area contributed by atoms with E-state index in [1.807, 2.05) is 6.92 Å². The maximum atomic E-state index is 11.7. The van der Waals surface area contributed by atoms with E-state index in [4.69, 9.17) is 4.74 Å². The van der Waals surface area contributed by atoms with Crippen LogP contribution in [0.25, 0.3) is 0 Å². The third kappa shape index (κ3) is 4.75. The van der Waals surface area contributed by atoms with Crippen LogP contribution in [-0.2, 0) is 14.9 Å². The molecule has 1 rings (SSSR count). The van der Waals surface area contributed by atoms with E-state index in [0.717, 1.165) is 25.9 Å². The highest BCUT2D eigenvalue weighted by atomic mass is 32.2. The maximum Gasteiger partial charge on any atom is 0.277 e. The Morgan fingerprint density at radius 3 is 2.56 bits per heavy atom. The van der Waals surface area contributed by atoms with Crippen molar-refractivity contribution in [1.29, 1.82) is 0 Å². The lowest BCUT2D eigenvalue weighted by atomic mass is 9.92. The molecule has 1 aliphatic heterocycles. The van der Waals surface area contributed by atoms with Crippen LogP contribution in [0.5, 0.6) is 0 Å². The van der Waals surface area contributed by atoms with Crippen molar-refractivity contribution in [3.05, 3.63) is 0 Å². The first-order chi connectivity index (χ1) is 7.47. The van der Waals surface area contributed by atoms with Gasteiger partial charge in [0.05, 0.1) is 6.61 Å². The van der Waals surface area contributed by atoms with E-state index in [1.54, 1.807) is 0 Å². The Balaban J connectivity index is 2.44. The predicted octanol–water partition coefficient (Wildman–Crippen LogP) is -0.801. The van der Waals surface area contributed by atoms with Gasteiger partial charge in [0, 0.05) is 19.2 Å². The van der Waals surface area contributed by atoms with Gasteiger partial charge in [-0.3, -0.25) is 0 Å². The van der Waals surface area contributed by atoms with Crippen LogP contribution in [0.4, 0.5) is 0 Å². The topological polar surface area (TPSA) is 79.5 Å². The van der Waals surface area contributed by atoms with Crippen molar-refractivity contribution in [1.82, 2.24) is 14.8 Å². The van der Waals surface area contributed by atoms with Crippen LogP contribution in [-0.4, -0.2) is 47.3 Å². The zero-order chi connectivity index (χ0) is 12.1. The van der Waals surface area contributed by atoms with Gasteiger partial charge in [0.25, 0.3) is 10.2 Å². The molecule has 6 nitrogen and oxygen atoms in total. The number of piperidine rings is 1. The van der Waals surface area contributed by atoms with E-state index in [1.165, 1.54) is 7.11 Å². The minimum Gasteiger partial charge on any atom is -0.383 e. The van der Waals surface area contributed by atoms with Crippen LogP contribution in [0.1, 0.15) is 19.8 Å². The molecule has 0 aromatic rings. The minimum atomic E-state index is -3.42. The van der Waals surface area contributed by atoms with Crippen molar-refractivity contribution in [2.24, 2.45) is 0 Å². The molecule has 16 heavy (non-hydrogen) atoms. The summed E-state index contributed by atoms with van der Waals surface area (Å²) in [5.41, 5.74) is -0.343. The predicted molar refractivity (Wildman–Crippen MR) is 62.4 cm³/mol. The number of rotatable bonds is 6. The van der Waals surface area contributed by atoms with E-state index in [9.17, 15) is 8.42 Å². The Morgan fingerprint density at radius 1 is 1.38 bits per heavy atom. The van der Waals surface area contributed by atoms with Gasteiger partial charge in [-0.05, 0) is 32.9 Å². The summed E-state index contributed by atoms with van der Waals surface area (Å²) in [5, 5.41) is 3.20. The standard InChI is InChI=1S/C9H21N3O3S/c1-9(3-5-10-6-4-9)12-16(13,14)11-7-8-15-2/h10-12H,3-8H2,1-2H3. The van der Waals surface area contributed by atoms with Gasteiger partial charge in [0.15, 0.2) is 0 Å². The molecule has 1 aliphatic rings. The normalized spacial score (nSPS) is 20.9. The Kier molecular flexibility index (Phi) is 5.13. The molecule has 0 spiro atoms. The van der Waals surface area contributed by atoms with Crippen molar-refractivity contribution in [3.63, 3.8) is 0 Å². The fourth-order valence-electron chi connectivity index (χ4n) is 1.72. The average molecular weight is 251 g/mol. The van der Waals surface area contributed by atoms with Gasteiger partial charge in [-0.25, -0.2) is 0 Å². The largest absolute Gasteiger partial charge is 0.383 e. The molecule has 0 amide bonds. The van der Waals surface area contributed by atoms with Crippen molar-refractivity contribution in [2.75, 3.05) is 33.4 Å². The van der Waals surface area contributed by atoms with Crippen LogP contribution < -0.4 is 14.8 Å². The lowest BCUT2D eigenvalue weighted by molar-refractivity contribution is 0.204. The number of ether oxygens (including phenoxy) is 1. The summed E-state index contributed by atoms with van der Waals surface area (Å²) in [5.74, 6) is 0. The molecule has 96 valence electrons. The van der Waals surface area contributed by atoms with Gasteiger partial charge in [-0.1, -0.05) is 0 Å². The number of hydrogen-bond acceptors (Lipinski definition) is 4. The van der Waals surface area contributed by atoms with E-state index >= 15 is 0 Å². The molecule has 0 aromatic heterocycles. The minimum absolute atomic E-state index is 0.292. The maximum absolute atomic E-state index is 11.7. The molecule has 0 aromatic carbocycles. The van der Waals surface area contributed by atoms with Gasteiger partial charge in [-0.15, -0.1) is 0 Å². The Bertz CT molecular complexity index is 299. The van der Waals surface area contributed by atoms with E-state index in [0.29, 0.717) is 13.2 Å². The SMILES string of the molecule is COCCNS(=O)(=O)NC1(C)CCNCC1. The molecule has 0 radical (unpaired) electrons. The second-order valence-corrected chi connectivity index (χ2v) is 5.80. The highest BCUT2D eigenvalue weighted by Crippen LogP contribution is 2.17. The van der Waals surface area contributed by atoms with E-state index < -0.39 is 10.2 Å². The molecule has 0 saturated carbocycles. The third-order valence-electron chi connectivity index (χ3n) is 2.69. The van der Waals surface area contributed by atoms with Crippen molar-refractivity contribution in [3.8, 4) is 0 Å². The zero-order valence-corrected chi connectivity index (χ0v) is 10.7. The quantitative estimate of drug-likeness (QED) is 0.540. The van der Waals surface area contributed by atoms with Crippen LogP contribution >= 0.6 is 0 Å². The summed E-state index contributed by atoms with van der Waals surface area (Å²) in [7, 11) is -1.88. The molecule has 1 fully saturated rings. The van der Waals surface area contributed by atoms with E-state index in [-0.39, 0.29) is 5.54 Å². The van der Waals surface area contributed by atoms with Gasteiger partial charge in [-0.2, -0.15) is 17.9 Å². The molecule has 7 heteroatoms. The molecular formula is C9H21N3O3S. The fraction of sp³-hybridized carbons (Fsp3) is 1.00. The molecule has 3 N–H and O–H groups in total. The van der Waals surface area contributed by atoms with Gasteiger partial charge in [0.1, 0.15) is 0 Å². The molecule has 1 saturated heterocycles. The number of hydrogen-bond donors (Lipinski definition) is 3. The first-order valence-corrected chi connectivity index (χ1v) is 6.94. The monoisotopic (exact) mass is 251 g/mol. The van der Waals surface area contributed by atoms with Gasteiger partial charge >= 0.3 is 0 Å². The summed E-state index contributed by atoms with van der Waals surface area (Å²) in [6, 6.07) is 0. The summed E-state index contributed by atoms with van der Waals surface area (Å²) >= 11 is 0. The first-order valence-electron chi connectivity index (χ1n) is 5.46. The lowest BCUT2D eigenvalue weighted by Gasteiger charge is -2.34. The second-order valence-electron chi connectivity index (χ2n) is 4.30. The summed E-state index contributed by atoms with van der Waals surface area (Å²) in [4.78, 5) is 0. The third-order valence-corrected chi connectivity index (χ3v) is 4.03. The second kappa shape index (κ2) is 5.92. The average Bonchev–Trinajstić information content (AvgIpc) is 2.17. The Morgan fingerprint density at radius 2 is 2.00 bits per heavy atom. The molecule has 0 bridgehead atoms. The number of nitrogens with one attached hydrogen (secondary N) is 3. The Labute approximate surface area is 97.3 Å². The van der Waals surface area contributed by atoms with Crippen LogP contribution in [0, 0.1) is 0 Å². The summed E-state index contributed by atoms with van der Waals surface area (Å²) in [6.45, 7) is 4.29. The highest BCUT2D eigenvalue weighted by Gasteiger charge is 2.30. The van der Waals surface area contributed by atoms with Crippen LogP contribution in [0.2, 0.25) is 0 Å².